The number of carbonyl (C=O) groups is 2. The van der Waals surface area contributed by atoms with Gasteiger partial charge in [0, 0.05) is 11.6 Å². The normalized spacial score (nSPS) is 10.1. The molecule has 7 heteroatoms. The zero-order valence-electron chi connectivity index (χ0n) is 15.1. The van der Waals surface area contributed by atoms with E-state index in [2.05, 4.69) is 5.32 Å². The third-order valence-corrected chi connectivity index (χ3v) is 3.69. The van der Waals surface area contributed by atoms with E-state index in [4.69, 9.17) is 25.8 Å². The Morgan fingerprint density at radius 2 is 1.74 bits per heavy atom. The molecule has 1 N–H and O–H groups in total. The molecule has 0 bridgehead atoms. The molecule has 6 nitrogen and oxygen atoms in total. The molecule has 0 aliphatic rings. The van der Waals surface area contributed by atoms with E-state index in [0.29, 0.717) is 23.9 Å². The van der Waals surface area contributed by atoms with E-state index in [1.165, 1.54) is 0 Å². The Labute approximate surface area is 163 Å². The molecule has 2 aromatic carbocycles. The molecule has 144 valence electrons. The van der Waals surface area contributed by atoms with Crippen molar-refractivity contribution < 1.29 is 23.8 Å². The van der Waals surface area contributed by atoms with E-state index < -0.39 is 5.97 Å². The van der Waals surface area contributed by atoms with Gasteiger partial charge in [0.25, 0.3) is 5.91 Å². The molecule has 0 spiro atoms. The molecule has 0 aliphatic carbocycles. The van der Waals surface area contributed by atoms with Gasteiger partial charge in [-0.25, -0.2) is 0 Å². The van der Waals surface area contributed by atoms with E-state index >= 15 is 0 Å². The lowest BCUT2D eigenvalue weighted by Gasteiger charge is -2.09. The van der Waals surface area contributed by atoms with E-state index in [9.17, 15) is 9.59 Å². The van der Waals surface area contributed by atoms with Crippen LogP contribution in [-0.2, 0) is 20.9 Å². The second kappa shape index (κ2) is 11.1. The van der Waals surface area contributed by atoms with E-state index in [1.807, 2.05) is 13.0 Å². The third-order valence-electron chi connectivity index (χ3n) is 3.45. The predicted molar refractivity (Wildman–Crippen MR) is 102 cm³/mol. The van der Waals surface area contributed by atoms with Crippen LogP contribution in [0.3, 0.4) is 0 Å². The Balaban J connectivity index is 1.60. The fourth-order valence-corrected chi connectivity index (χ4v) is 2.38. The van der Waals surface area contributed by atoms with Gasteiger partial charge in [-0.3, -0.25) is 9.59 Å². The maximum Gasteiger partial charge on any atom is 0.309 e. The highest BCUT2D eigenvalue weighted by Gasteiger charge is 2.08. The summed E-state index contributed by atoms with van der Waals surface area (Å²) in [6.07, 6.45) is 0.0504. The van der Waals surface area contributed by atoms with Crippen molar-refractivity contribution in [1.29, 1.82) is 0 Å². The quantitative estimate of drug-likeness (QED) is 0.628. The number of benzene rings is 2. The fourth-order valence-electron chi connectivity index (χ4n) is 2.17. The molecule has 0 aromatic heterocycles. The van der Waals surface area contributed by atoms with Crippen LogP contribution in [0.25, 0.3) is 0 Å². The lowest BCUT2D eigenvalue weighted by Crippen LogP contribution is -2.28. The van der Waals surface area contributed by atoms with Gasteiger partial charge < -0.3 is 19.5 Å². The van der Waals surface area contributed by atoms with Crippen molar-refractivity contribution in [2.45, 2.75) is 19.9 Å². The highest BCUT2D eigenvalue weighted by Crippen LogP contribution is 2.17. The molecule has 0 saturated carbocycles. The molecule has 0 heterocycles. The minimum absolute atomic E-state index is 0.0504. The second-order valence-electron chi connectivity index (χ2n) is 5.57. The van der Waals surface area contributed by atoms with E-state index in [0.717, 1.165) is 11.3 Å². The summed E-state index contributed by atoms with van der Waals surface area (Å²) in [6.45, 7) is 2.66. The number of hydrogen-bond donors (Lipinski definition) is 1. The molecule has 0 saturated heterocycles. The molecule has 0 fully saturated rings. The Morgan fingerprint density at radius 3 is 2.41 bits per heavy atom. The number of nitrogens with one attached hydrogen (secondary N) is 1. The minimum atomic E-state index is -0.501. The zero-order valence-corrected chi connectivity index (χ0v) is 15.8. The first kappa shape index (κ1) is 20.6. The summed E-state index contributed by atoms with van der Waals surface area (Å²) in [6, 6.07) is 14.3. The standard InChI is InChI=1S/C20H22ClNO5/c1-2-25-17-6-8-18(9-7-17)26-11-10-20(24)27-14-19(23)22-13-15-4-3-5-16(21)12-15/h3-9,12H,2,10-11,13-14H2,1H3,(H,22,23). The van der Waals surface area contributed by atoms with Crippen LogP contribution in [0, 0.1) is 0 Å². The summed E-state index contributed by atoms with van der Waals surface area (Å²) in [5.41, 5.74) is 0.867. The van der Waals surface area contributed by atoms with Gasteiger partial charge >= 0.3 is 5.97 Å². The molecule has 27 heavy (non-hydrogen) atoms. The van der Waals surface area contributed by atoms with Crippen LogP contribution >= 0.6 is 11.6 Å². The average Bonchev–Trinajstić information content (AvgIpc) is 2.66. The number of hydrogen-bond acceptors (Lipinski definition) is 5. The van der Waals surface area contributed by atoms with Crippen molar-refractivity contribution in [3.63, 3.8) is 0 Å². The molecule has 0 aliphatic heterocycles. The van der Waals surface area contributed by atoms with Crippen molar-refractivity contribution in [3.05, 3.63) is 59.1 Å². The van der Waals surface area contributed by atoms with Gasteiger partial charge in [-0.15, -0.1) is 0 Å². The van der Waals surface area contributed by atoms with Gasteiger partial charge in [0.2, 0.25) is 0 Å². The molecule has 2 rings (SSSR count). The summed E-state index contributed by atoms with van der Waals surface area (Å²) in [5, 5.41) is 3.26. The number of halogens is 1. The number of rotatable bonds is 10. The van der Waals surface area contributed by atoms with Crippen LogP contribution in [0.1, 0.15) is 18.9 Å². The number of carbonyl (C=O) groups excluding carboxylic acids is 2. The third kappa shape index (κ3) is 8.00. The Morgan fingerprint density at radius 1 is 1.04 bits per heavy atom. The maximum absolute atomic E-state index is 11.7. The smallest absolute Gasteiger partial charge is 0.309 e. The largest absolute Gasteiger partial charge is 0.494 e. The van der Waals surface area contributed by atoms with Crippen LogP contribution in [0.2, 0.25) is 5.02 Å². The monoisotopic (exact) mass is 391 g/mol. The highest BCUT2D eigenvalue weighted by atomic mass is 35.5. The Bertz CT molecular complexity index is 748. The highest BCUT2D eigenvalue weighted by molar-refractivity contribution is 6.30. The molecule has 1 amide bonds. The topological polar surface area (TPSA) is 73.9 Å². The first-order chi connectivity index (χ1) is 13.1. The maximum atomic E-state index is 11.7. The van der Waals surface area contributed by atoms with Crippen LogP contribution < -0.4 is 14.8 Å². The average molecular weight is 392 g/mol. The van der Waals surface area contributed by atoms with Crippen LogP contribution in [0.15, 0.2) is 48.5 Å². The number of ether oxygens (including phenoxy) is 3. The first-order valence-electron chi connectivity index (χ1n) is 8.59. The molecule has 0 atom stereocenters. The minimum Gasteiger partial charge on any atom is -0.494 e. The van der Waals surface area contributed by atoms with Crippen molar-refractivity contribution in [3.8, 4) is 11.5 Å². The summed E-state index contributed by atoms with van der Waals surface area (Å²) in [5.74, 6) is 0.508. The van der Waals surface area contributed by atoms with Crippen molar-refractivity contribution >= 4 is 23.5 Å². The number of amides is 1. The molecule has 0 unspecified atom stereocenters. The molecular formula is C20H22ClNO5. The Kier molecular flexibility index (Phi) is 8.45. The summed E-state index contributed by atoms with van der Waals surface area (Å²) in [4.78, 5) is 23.4. The molecule has 2 aromatic rings. The zero-order chi connectivity index (χ0) is 19.5. The van der Waals surface area contributed by atoms with Crippen molar-refractivity contribution in [1.82, 2.24) is 5.32 Å². The lowest BCUT2D eigenvalue weighted by atomic mass is 10.2. The first-order valence-corrected chi connectivity index (χ1v) is 8.97. The van der Waals surface area contributed by atoms with Gasteiger partial charge in [0.15, 0.2) is 6.61 Å². The van der Waals surface area contributed by atoms with Crippen molar-refractivity contribution in [2.75, 3.05) is 19.8 Å². The second-order valence-corrected chi connectivity index (χ2v) is 6.01. The van der Waals surface area contributed by atoms with Gasteiger partial charge in [-0.05, 0) is 48.9 Å². The fraction of sp³-hybridized carbons (Fsp3) is 0.300. The van der Waals surface area contributed by atoms with Gasteiger partial charge in [-0.1, -0.05) is 23.7 Å². The Hall–Kier alpha value is -2.73. The molecular weight excluding hydrogens is 370 g/mol. The van der Waals surface area contributed by atoms with Gasteiger partial charge in [0.05, 0.1) is 19.6 Å². The van der Waals surface area contributed by atoms with Gasteiger partial charge in [-0.2, -0.15) is 0 Å². The van der Waals surface area contributed by atoms with E-state index in [-0.39, 0.29) is 25.5 Å². The van der Waals surface area contributed by atoms with Gasteiger partial charge in [0.1, 0.15) is 11.5 Å². The summed E-state index contributed by atoms with van der Waals surface area (Å²) >= 11 is 5.88. The van der Waals surface area contributed by atoms with Crippen LogP contribution in [0.4, 0.5) is 0 Å². The lowest BCUT2D eigenvalue weighted by molar-refractivity contribution is -0.149. The predicted octanol–water partition coefficient (Wildman–Crippen LogP) is 3.37. The summed E-state index contributed by atoms with van der Waals surface area (Å²) < 4.78 is 15.7. The SMILES string of the molecule is CCOc1ccc(OCCC(=O)OCC(=O)NCc2cccc(Cl)c2)cc1. The van der Waals surface area contributed by atoms with E-state index in [1.54, 1.807) is 42.5 Å². The number of esters is 1. The van der Waals surface area contributed by atoms with Crippen LogP contribution in [-0.4, -0.2) is 31.7 Å². The van der Waals surface area contributed by atoms with Crippen LogP contribution in [0.5, 0.6) is 11.5 Å². The summed E-state index contributed by atoms with van der Waals surface area (Å²) in [7, 11) is 0. The van der Waals surface area contributed by atoms with Crippen molar-refractivity contribution in [2.24, 2.45) is 0 Å². The molecule has 0 radical (unpaired) electrons.